The number of aromatic nitrogens is 1. The molecule has 2 atom stereocenters. The van der Waals surface area contributed by atoms with Gasteiger partial charge in [-0.3, -0.25) is 9.78 Å². The number of aromatic carboxylic acids is 1. The van der Waals surface area contributed by atoms with Crippen molar-refractivity contribution in [2.45, 2.75) is 25.4 Å². The topological polar surface area (TPSA) is 108 Å². The number of hydrogen-bond donors (Lipinski definition) is 3. The minimum atomic E-state index is -0.976. The summed E-state index contributed by atoms with van der Waals surface area (Å²) in [6, 6.07) is 23.1. The Kier molecular flexibility index (Phi) is 7.19. The van der Waals surface area contributed by atoms with Gasteiger partial charge in [0.1, 0.15) is 17.6 Å². The van der Waals surface area contributed by atoms with Crippen LogP contribution in [0.3, 0.4) is 0 Å². The van der Waals surface area contributed by atoms with Crippen LogP contribution in [-0.4, -0.2) is 38.5 Å². The molecule has 0 spiro atoms. The van der Waals surface area contributed by atoms with Crippen LogP contribution in [-0.2, 0) is 4.79 Å². The molecular formula is C29H26N4O4S. The standard InChI is InChI=1S/C29H26N4O4S/c1-18-17-19(28(35)36)10-11-21(18)23-12-13-24(37-23)27-26(22-9-5-6-15-30-22)32-29(38)33(27)16-14-25(34)31-20-7-3-2-4-8-20/h2-13,15,17,26-27H,14,16H2,1H3,(H,31,34)(H,32,38)(H,35,36). The number of thiocarbonyl (C=S) groups is 1. The minimum Gasteiger partial charge on any atom is -0.478 e. The fourth-order valence-electron chi connectivity index (χ4n) is 4.65. The number of anilines is 1. The van der Waals surface area contributed by atoms with Gasteiger partial charge in [0.15, 0.2) is 5.11 Å². The van der Waals surface area contributed by atoms with Crippen molar-refractivity contribution in [1.29, 1.82) is 0 Å². The number of nitrogens with one attached hydrogen (secondary N) is 2. The van der Waals surface area contributed by atoms with Gasteiger partial charge in [0.05, 0.1) is 17.3 Å². The fraction of sp³-hybridized carbons (Fsp3) is 0.172. The molecule has 0 bridgehead atoms. The highest BCUT2D eigenvalue weighted by Crippen LogP contribution is 2.40. The molecule has 3 heterocycles. The summed E-state index contributed by atoms with van der Waals surface area (Å²) in [6.45, 7) is 2.23. The van der Waals surface area contributed by atoms with Crippen molar-refractivity contribution in [3.8, 4) is 11.3 Å². The maximum absolute atomic E-state index is 12.7. The van der Waals surface area contributed by atoms with Crippen molar-refractivity contribution in [2.24, 2.45) is 0 Å². The maximum atomic E-state index is 12.7. The average Bonchev–Trinajstić information content (AvgIpc) is 3.52. The highest BCUT2D eigenvalue weighted by Gasteiger charge is 2.41. The Morgan fingerprint density at radius 2 is 1.87 bits per heavy atom. The molecule has 0 aliphatic carbocycles. The van der Waals surface area contributed by atoms with Crippen molar-refractivity contribution in [3.05, 3.63) is 108 Å². The molecule has 1 amide bonds. The molecule has 1 saturated heterocycles. The van der Waals surface area contributed by atoms with Crippen molar-refractivity contribution < 1.29 is 19.1 Å². The summed E-state index contributed by atoms with van der Waals surface area (Å²) >= 11 is 5.69. The molecule has 38 heavy (non-hydrogen) atoms. The second-order valence-corrected chi connectivity index (χ2v) is 9.41. The number of aryl methyl sites for hydroxylation is 1. The molecule has 0 saturated carbocycles. The van der Waals surface area contributed by atoms with Gasteiger partial charge in [0.2, 0.25) is 5.91 Å². The van der Waals surface area contributed by atoms with Crippen molar-refractivity contribution in [1.82, 2.24) is 15.2 Å². The summed E-state index contributed by atoms with van der Waals surface area (Å²) in [5, 5.41) is 16.1. The van der Waals surface area contributed by atoms with Crippen LogP contribution in [0.5, 0.6) is 0 Å². The van der Waals surface area contributed by atoms with E-state index in [1.165, 1.54) is 0 Å². The number of nitrogens with zero attached hydrogens (tertiary/aromatic N) is 2. The lowest BCUT2D eigenvalue weighted by molar-refractivity contribution is -0.116. The van der Waals surface area contributed by atoms with E-state index in [1.54, 1.807) is 24.4 Å². The number of hydrogen-bond acceptors (Lipinski definition) is 5. The summed E-state index contributed by atoms with van der Waals surface area (Å²) in [6.07, 6.45) is 1.96. The zero-order valence-electron chi connectivity index (χ0n) is 20.6. The third kappa shape index (κ3) is 5.28. The van der Waals surface area contributed by atoms with E-state index in [-0.39, 0.29) is 30.0 Å². The Hall–Kier alpha value is -4.50. The SMILES string of the molecule is Cc1cc(C(=O)O)ccc1-c1ccc(C2C(c3ccccn3)NC(=S)N2CCC(=O)Nc2ccccc2)o1. The summed E-state index contributed by atoms with van der Waals surface area (Å²) in [4.78, 5) is 30.5. The molecule has 1 aliphatic rings. The number of carbonyl (C=O) groups excluding carboxylic acids is 1. The molecule has 2 unspecified atom stereocenters. The van der Waals surface area contributed by atoms with Crippen molar-refractivity contribution in [2.75, 3.05) is 11.9 Å². The zero-order valence-corrected chi connectivity index (χ0v) is 21.4. The van der Waals surface area contributed by atoms with Crippen LogP contribution >= 0.6 is 12.2 Å². The quantitative estimate of drug-likeness (QED) is 0.264. The van der Waals surface area contributed by atoms with E-state index >= 15 is 0 Å². The number of carboxylic acids is 1. The molecule has 3 N–H and O–H groups in total. The van der Waals surface area contributed by atoms with Crippen molar-refractivity contribution in [3.63, 3.8) is 0 Å². The number of amides is 1. The molecular weight excluding hydrogens is 500 g/mol. The van der Waals surface area contributed by atoms with Crippen LogP contribution in [0.2, 0.25) is 0 Å². The number of pyridine rings is 1. The van der Waals surface area contributed by atoms with Gasteiger partial charge >= 0.3 is 5.97 Å². The predicted molar refractivity (Wildman–Crippen MR) is 148 cm³/mol. The lowest BCUT2D eigenvalue weighted by atomic mass is 10.0. The molecule has 2 aromatic heterocycles. The fourth-order valence-corrected chi connectivity index (χ4v) is 4.98. The first kappa shape index (κ1) is 25.2. The van der Waals surface area contributed by atoms with Crippen LogP contribution in [0, 0.1) is 6.92 Å². The molecule has 2 aromatic carbocycles. The molecule has 1 fully saturated rings. The molecule has 192 valence electrons. The highest BCUT2D eigenvalue weighted by molar-refractivity contribution is 7.80. The van der Waals surface area contributed by atoms with E-state index in [9.17, 15) is 14.7 Å². The number of furan rings is 1. The largest absolute Gasteiger partial charge is 0.478 e. The van der Waals surface area contributed by atoms with Gasteiger partial charge in [-0.2, -0.15) is 0 Å². The Balaban J connectivity index is 1.42. The lowest BCUT2D eigenvalue weighted by Crippen LogP contribution is -2.32. The molecule has 0 radical (unpaired) electrons. The number of carbonyl (C=O) groups is 2. The van der Waals surface area contributed by atoms with Gasteiger partial charge in [-0.25, -0.2) is 4.79 Å². The smallest absolute Gasteiger partial charge is 0.335 e. The Morgan fingerprint density at radius 1 is 1.08 bits per heavy atom. The summed E-state index contributed by atoms with van der Waals surface area (Å²) in [5.41, 5.74) is 3.36. The Labute approximate surface area is 225 Å². The van der Waals surface area contributed by atoms with E-state index in [0.717, 1.165) is 22.5 Å². The summed E-state index contributed by atoms with van der Waals surface area (Å²) in [7, 11) is 0. The van der Waals surface area contributed by atoms with E-state index in [0.29, 0.717) is 23.2 Å². The monoisotopic (exact) mass is 526 g/mol. The van der Waals surface area contributed by atoms with Crippen LogP contribution in [0.15, 0.2) is 89.5 Å². The van der Waals surface area contributed by atoms with Crippen LogP contribution in [0.25, 0.3) is 11.3 Å². The van der Waals surface area contributed by atoms with E-state index in [1.807, 2.05) is 72.5 Å². The number of para-hydroxylation sites is 1. The van der Waals surface area contributed by atoms with E-state index in [4.69, 9.17) is 16.6 Å². The molecule has 5 rings (SSSR count). The number of carboxylic acid groups (broad SMARTS) is 1. The van der Waals surface area contributed by atoms with Crippen LogP contribution in [0.1, 0.15) is 45.9 Å². The van der Waals surface area contributed by atoms with Gasteiger partial charge in [-0.05, 0) is 73.2 Å². The summed E-state index contributed by atoms with van der Waals surface area (Å²) < 4.78 is 6.35. The third-order valence-electron chi connectivity index (χ3n) is 6.49. The third-order valence-corrected chi connectivity index (χ3v) is 6.84. The maximum Gasteiger partial charge on any atom is 0.335 e. The van der Waals surface area contributed by atoms with Gasteiger partial charge < -0.3 is 25.1 Å². The lowest BCUT2D eigenvalue weighted by Gasteiger charge is -2.25. The molecule has 9 heteroatoms. The van der Waals surface area contributed by atoms with E-state index < -0.39 is 5.97 Å². The van der Waals surface area contributed by atoms with Gasteiger partial charge in [0, 0.05) is 30.4 Å². The number of benzene rings is 2. The van der Waals surface area contributed by atoms with Gasteiger partial charge in [0.25, 0.3) is 0 Å². The first-order chi connectivity index (χ1) is 18.4. The number of rotatable bonds is 8. The first-order valence-electron chi connectivity index (χ1n) is 12.2. The Morgan fingerprint density at radius 3 is 2.58 bits per heavy atom. The second kappa shape index (κ2) is 10.9. The molecule has 4 aromatic rings. The average molecular weight is 527 g/mol. The van der Waals surface area contributed by atoms with E-state index in [2.05, 4.69) is 15.6 Å². The van der Waals surface area contributed by atoms with Gasteiger partial charge in [-0.1, -0.05) is 30.3 Å². The molecule has 1 aliphatic heterocycles. The Bertz CT molecular complexity index is 1470. The zero-order chi connectivity index (χ0) is 26.6. The molecule has 8 nitrogen and oxygen atoms in total. The van der Waals surface area contributed by atoms with Crippen molar-refractivity contribution >= 4 is 34.9 Å². The van der Waals surface area contributed by atoms with Crippen LogP contribution in [0.4, 0.5) is 5.69 Å². The normalized spacial score (nSPS) is 16.8. The predicted octanol–water partition coefficient (Wildman–Crippen LogP) is 5.35. The highest BCUT2D eigenvalue weighted by atomic mass is 32.1. The van der Waals surface area contributed by atoms with Crippen LogP contribution < -0.4 is 10.6 Å². The second-order valence-electron chi connectivity index (χ2n) is 9.02. The minimum absolute atomic E-state index is 0.117. The summed E-state index contributed by atoms with van der Waals surface area (Å²) in [5.74, 6) is 0.186. The van der Waals surface area contributed by atoms with Gasteiger partial charge in [-0.15, -0.1) is 0 Å². The first-order valence-corrected chi connectivity index (χ1v) is 12.6.